The van der Waals surface area contributed by atoms with Gasteiger partial charge in [0.05, 0.1) is 18.1 Å². The zero-order valence-corrected chi connectivity index (χ0v) is 9.38. The molecule has 1 fully saturated rings. The van der Waals surface area contributed by atoms with Crippen LogP contribution in [-0.2, 0) is 9.47 Å². The Morgan fingerprint density at radius 2 is 2.33 bits per heavy atom. The van der Waals surface area contributed by atoms with Crippen LogP contribution in [0.15, 0.2) is 6.20 Å². The van der Waals surface area contributed by atoms with E-state index in [2.05, 4.69) is 4.98 Å². The molecule has 15 heavy (non-hydrogen) atoms. The van der Waals surface area contributed by atoms with Gasteiger partial charge in [-0.3, -0.25) is 4.79 Å². The molecule has 1 aromatic heterocycles. The molecule has 2 heterocycles. The van der Waals surface area contributed by atoms with E-state index in [1.807, 2.05) is 6.92 Å². The fraction of sp³-hybridized carbons (Fsp3) is 0.600. The summed E-state index contributed by atoms with van der Waals surface area (Å²) in [4.78, 5) is 16.5. The van der Waals surface area contributed by atoms with Gasteiger partial charge in [-0.1, -0.05) is 6.92 Å². The molecule has 0 radical (unpaired) electrons. The third-order valence-electron chi connectivity index (χ3n) is 2.09. The number of hydrogen-bond donors (Lipinski definition) is 0. The maximum atomic E-state index is 11.5. The van der Waals surface area contributed by atoms with Crippen LogP contribution in [0.2, 0.25) is 0 Å². The van der Waals surface area contributed by atoms with Crippen LogP contribution >= 0.6 is 11.3 Å². The van der Waals surface area contributed by atoms with E-state index < -0.39 is 0 Å². The standard InChI is InChI=1S/C10H13NO3S/c1-2-3-7(12)9-11-6-8(15-9)10-13-4-5-14-10/h6,10H,2-5H2,1H3. The first kappa shape index (κ1) is 10.7. The summed E-state index contributed by atoms with van der Waals surface area (Å²) >= 11 is 1.37. The Morgan fingerprint density at radius 1 is 1.60 bits per heavy atom. The Hall–Kier alpha value is -0.780. The Morgan fingerprint density at radius 3 is 3.00 bits per heavy atom. The monoisotopic (exact) mass is 227 g/mol. The van der Waals surface area contributed by atoms with Crippen LogP contribution in [0.5, 0.6) is 0 Å². The van der Waals surface area contributed by atoms with E-state index in [1.165, 1.54) is 11.3 Å². The molecule has 2 rings (SSSR count). The van der Waals surface area contributed by atoms with Crippen molar-refractivity contribution < 1.29 is 14.3 Å². The molecule has 0 saturated carbocycles. The van der Waals surface area contributed by atoms with Gasteiger partial charge >= 0.3 is 0 Å². The molecule has 5 heteroatoms. The van der Waals surface area contributed by atoms with Gasteiger partial charge < -0.3 is 9.47 Å². The molecular weight excluding hydrogens is 214 g/mol. The van der Waals surface area contributed by atoms with Gasteiger partial charge in [0.25, 0.3) is 0 Å². The summed E-state index contributed by atoms with van der Waals surface area (Å²) in [5.41, 5.74) is 0. The van der Waals surface area contributed by atoms with Crippen molar-refractivity contribution in [3.05, 3.63) is 16.1 Å². The number of nitrogens with zero attached hydrogens (tertiary/aromatic N) is 1. The number of aromatic nitrogens is 1. The van der Waals surface area contributed by atoms with Gasteiger partial charge in [0.15, 0.2) is 17.1 Å². The Balaban J connectivity index is 2.06. The first-order valence-electron chi connectivity index (χ1n) is 5.03. The summed E-state index contributed by atoms with van der Waals surface area (Å²) in [6, 6.07) is 0. The average Bonchev–Trinajstić information content (AvgIpc) is 2.89. The zero-order valence-electron chi connectivity index (χ0n) is 8.56. The number of hydrogen-bond acceptors (Lipinski definition) is 5. The maximum Gasteiger partial charge on any atom is 0.194 e. The lowest BCUT2D eigenvalue weighted by Gasteiger charge is -2.03. The fourth-order valence-corrected chi connectivity index (χ4v) is 2.26. The van der Waals surface area contributed by atoms with Gasteiger partial charge in [-0.05, 0) is 6.42 Å². The minimum Gasteiger partial charge on any atom is -0.345 e. The van der Waals surface area contributed by atoms with Crippen LogP contribution in [-0.4, -0.2) is 24.0 Å². The van der Waals surface area contributed by atoms with E-state index in [0.29, 0.717) is 24.6 Å². The van der Waals surface area contributed by atoms with Gasteiger partial charge in [-0.25, -0.2) is 4.98 Å². The largest absolute Gasteiger partial charge is 0.345 e. The molecule has 1 aromatic rings. The number of carbonyl (C=O) groups is 1. The van der Waals surface area contributed by atoms with Crippen molar-refractivity contribution in [3.8, 4) is 0 Å². The Labute approximate surface area is 92.2 Å². The lowest BCUT2D eigenvalue weighted by atomic mass is 10.2. The van der Waals surface area contributed by atoms with Gasteiger partial charge in [-0.15, -0.1) is 11.3 Å². The summed E-state index contributed by atoms with van der Waals surface area (Å²) in [6.07, 6.45) is 2.76. The molecule has 1 saturated heterocycles. The van der Waals surface area contributed by atoms with E-state index in [4.69, 9.17) is 9.47 Å². The van der Waals surface area contributed by atoms with Crippen molar-refractivity contribution in [3.63, 3.8) is 0 Å². The highest BCUT2D eigenvalue weighted by Crippen LogP contribution is 2.28. The van der Waals surface area contributed by atoms with E-state index in [-0.39, 0.29) is 12.1 Å². The summed E-state index contributed by atoms with van der Waals surface area (Å²) in [5.74, 6) is 0.103. The molecule has 0 aliphatic carbocycles. The molecule has 0 N–H and O–H groups in total. The Bertz CT molecular complexity index is 344. The molecule has 4 nitrogen and oxygen atoms in total. The quantitative estimate of drug-likeness (QED) is 0.740. The lowest BCUT2D eigenvalue weighted by Crippen LogP contribution is -1.96. The molecule has 0 unspecified atom stereocenters. The van der Waals surface area contributed by atoms with E-state index in [0.717, 1.165) is 11.3 Å². The summed E-state index contributed by atoms with van der Waals surface area (Å²) in [6.45, 7) is 3.21. The number of Topliss-reactive ketones (excluding diaryl/α,β-unsaturated/α-hetero) is 1. The molecule has 0 bridgehead atoms. The van der Waals surface area contributed by atoms with Crippen molar-refractivity contribution in [1.29, 1.82) is 0 Å². The average molecular weight is 227 g/mol. The van der Waals surface area contributed by atoms with E-state index in [1.54, 1.807) is 6.20 Å². The van der Waals surface area contributed by atoms with Crippen LogP contribution in [0.4, 0.5) is 0 Å². The minimum atomic E-state index is -0.314. The molecule has 0 amide bonds. The van der Waals surface area contributed by atoms with Crippen LogP contribution < -0.4 is 0 Å². The van der Waals surface area contributed by atoms with Crippen LogP contribution in [0, 0.1) is 0 Å². The van der Waals surface area contributed by atoms with Crippen molar-refractivity contribution in [2.45, 2.75) is 26.1 Å². The highest BCUT2D eigenvalue weighted by molar-refractivity contribution is 7.13. The first-order valence-corrected chi connectivity index (χ1v) is 5.85. The van der Waals surface area contributed by atoms with Gasteiger partial charge in [-0.2, -0.15) is 0 Å². The van der Waals surface area contributed by atoms with Crippen molar-refractivity contribution in [2.75, 3.05) is 13.2 Å². The molecule has 82 valence electrons. The van der Waals surface area contributed by atoms with Gasteiger partial charge in [0.1, 0.15) is 0 Å². The minimum absolute atomic E-state index is 0.103. The number of carbonyl (C=O) groups excluding carboxylic acids is 1. The first-order chi connectivity index (χ1) is 7.31. The third-order valence-corrected chi connectivity index (χ3v) is 3.15. The molecule has 1 aliphatic rings. The van der Waals surface area contributed by atoms with Crippen LogP contribution in [0.1, 0.15) is 40.7 Å². The lowest BCUT2D eigenvalue weighted by molar-refractivity contribution is -0.0414. The van der Waals surface area contributed by atoms with Crippen molar-refractivity contribution in [1.82, 2.24) is 4.98 Å². The van der Waals surface area contributed by atoms with Crippen LogP contribution in [0.25, 0.3) is 0 Å². The Kier molecular flexibility index (Phi) is 3.45. The van der Waals surface area contributed by atoms with E-state index in [9.17, 15) is 4.79 Å². The van der Waals surface area contributed by atoms with Crippen molar-refractivity contribution >= 4 is 17.1 Å². The number of thiazole rings is 1. The van der Waals surface area contributed by atoms with Crippen molar-refractivity contribution in [2.24, 2.45) is 0 Å². The number of ketones is 1. The van der Waals surface area contributed by atoms with Gasteiger partial charge in [0, 0.05) is 12.6 Å². The second-order valence-corrected chi connectivity index (χ2v) is 4.38. The molecule has 0 aromatic carbocycles. The number of rotatable bonds is 4. The van der Waals surface area contributed by atoms with E-state index >= 15 is 0 Å². The third kappa shape index (κ3) is 2.42. The number of ether oxygens (including phenoxy) is 2. The van der Waals surface area contributed by atoms with Crippen LogP contribution in [0.3, 0.4) is 0 Å². The zero-order chi connectivity index (χ0) is 10.7. The summed E-state index contributed by atoms with van der Waals surface area (Å²) < 4.78 is 10.7. The molecule has 1 aliphatic heterocycles. The molecule has 0 atom stereocenters. The SMILES string of the molecule is CCCC(=O)c1ncc(C2OCCO2)s1. The summed E-state index contributed by atoms with van der Waals surface area (Å²) in [5, 5.41) is 0.561. The predicted octanol–water partition coefficient (Wildman–Crippen LogP) is 2.17. The maximum absolute atomic E-state index is 11.5. The highest BCUT2D eigenvalue weighted by atomic mass is 32.1. The fourth-order valence-electron chi connectivity index (χ4n) is 1.38. The highest BCUT2D eigenvalue weighted by Gasteiger charge is 2.22. The predicted molar refractivity (Wildman–Crippen MR) is 56.0 cm³/mol. The summed E-state index contributed by atoms with van der Waals surface area (Å²) in [7, 11) is 0. The van der Waals surface area contributed by atoms with Gasteiger partial charge in [0.2, 0.25) is 0 Å². The molecule has 0 spiro atoms. The molecular formula is C10H13NO3S. The normalized spacial score (nSPS) is 17.1. The smallest absolute Gasteiger partial charge is 0.194 e. The second-order valence-electron chi connectivity index (χ2n) is 3.31. The topological polar surface area (TPSA) is 48.4 Å². The second kappa shape index (κ2) is 4.83.